The van der Waals surface area contributed by atoms with Crippen LogP contribution in [0.2, 0.25) is 5.15 Å². The Kier molecular flexibility index (Phi) is 4.27. The molecule has 0 saturated heterocycles. The number of nitriles is 1. The van der Waals surface area contributed by atoms with Crippen molar-refractivity contribution in [2.45, 2.75) is 19.9 Å². The highest BCUT2D eigenvalue weighted by Crippen LogP contribution is 2.27. The normalized spacial score (nSPS) is 10.8. The molecule has 0 aliphatic carbocycles. The first kappa shape index (κ1) is 14.8. The average Bonchev–Trinajstić information content (AvgIpc) is 3.07. The van der Waals surface area contributed by atoms with Crippen molar-refractivity contribution >= 4 is 39.2 Å². The number of rotatable bonds is 5. The Bertz CT molecular complexity index is 845. The van der Waals surface area contributed by atoms with Gasteiger partial charge in [0, 0.05) is 19.5 Å². The second-order valence-electron chi connectivity index (χ2n) is 4.73. The summed E-state index contributed by atoms with van der Waals surface area (Å²) in [5.41, 5.74) is 2.58. The summed E-state index contributed by atoms with van der Waals surface area (Å²) in [5, 5.41) is 13.3. The van der Waals surface area contributed by atoms with Crippen molar-refractivity contribution in [3.05, 3.63) is 40.8 Å². The van der Waals surface area contributed by atoms with Gasteiger partial charge in [-0.1, -0.05) is 23.7 Å². The molecule has 0 atom stereocenters. The van der Waals surface area contributed by atoms with E-state index in [-0.39, 0.29) is 5.15 Å². The maximum Gasteiger partial charge on any atom is 0.162 e. The number of hydrogen-bond donors (Lipinski definition) is 1. The van der Waals surface area contributed by atoms with Gasteiger partial charge in [0.05, 0.1) is 11.0 Å². The van der Waals surface area contributed by atoms with E-state index in [0.29, 0.717) is 17.1 Å². The maximum atomic E-state index is 9.06. The molecule has 0 unspecified atom stereocenters. The van der Waals surface area contributed by atoms with Crippen LogP contribution in [-0.2, 0) is 13.0 Å². The summed E-state index contributed by atoms with van der Waals surface area (Å²) in [5.74, 6) is 1.03. The first-order chi connectivity index (χ1) is 10.7. The van der Waals surface area contributed by atoms with Crippen molar-refractivity contribution in [2.75, 3.05) is 11.9 Å². The zero-order valence-corrected chi connectivity index (χ0v) is 13.6. The lowest BCUT2D eigenvalue weighted by Gasteiger charge is -2.07. The van der Waals surface area contributed by atoms with E-state index in [0.717, 1.165) is 29.8 Å². The zero-order valence-electron chi connectivity index (χ0n) is 12.0. The molecule has 22 heavy (non-hydrogen) atoms. The number of benzene rings is 1. The summed E-state index contributed by atoms with van der Waals surface area (Å²) in [6.07, 6.45) is 0.767. The predicted molar refractivity (Wildman–Crippen MR) is 89.4 cm³/mol. The minimum Gasteiger partial charge on any atom is -0.374 e. The molecule has 1 N–H and O–H groups in total. The van der Waals surface area contributed by atoms with Crippen LogP contribution in [0.25, 0.3) is 11.0 Å². The second kappa shape index (κ2) is 6.34. The van der Waals surface area contributed by atoms with Gasteiger partial charge < -0.3 is 9.88 Å². The summed E-state index contributed by atoms with van der Waals surface area (Å²) in [4.78, 5) is 4.68. The van der Waals surface area contributed by atoms with E-state index < -0.39 is 0 Å². The summed E-state index contributed by atoms with van der Waals surface area (Å²) in [6, 6.07) is 10.2. The van der Waals surface area contributed by atoms with E-state index >= 15 is 0 Å². The molecule has 1 aromatic carbocycles. The molecule has 0 radical (unpaired) electrons. The molecular formula is C15H14ClN5S. The molecule has 0 bridgehead atoms. The van der Waals surface area contributed by atoms with Crippen LogP contribution in [0.5, 0.6) is 0 Å². The van der Waals surface area contributed by atoms with E-state index in [4.69, 9.17) is 16.9 Å². The van der Waals surface area contributed by atoms with Crippen molar-refractivity contribution in [1.82, 2.24) is 13.9 Å². The second-order valence-corrected chi connectivity index (χ2v) is 5.86. The van der Waals surface area contributed by atoms with Gasteiger partial charge in [0.1, 0.15) is 22.5 Å². The Morgan fingerprint density at radius 2 is 2.23 bits per heavy atom. The van der Waals surface area contributed by atoms with Crippen molar-refractivity contribution in [2.24, 2.45) is 0 Å². The molecule has 0 fully saturated rings. The number of para-hydroxylation sites is 2. The largest absolute Gasteiger partial charge is 0.374 e. The summed E-state index contributed by atoms with van der Waals surface area (Å²) >= 11 is 7.07. The molecule has 3 aromatic rings. The monoisotopic (exact) mass is 331 g/mol. The molecule has 0 aliphatic rings. The molecule has 112 valence electrons. The Balaban J connectivity index is 1.75. The van der Waals surface area contributed by atoms with Crippen LogP contribution in [0.3, 0.4) is 0 Å². The number of aryl methyl sites for hydroxylation is 1. The van der Waals surface area contributed by atoms with Crippen molar-refractivity contribution in [3.8, 4) is 6.07 Å². The van der Waals surface area contributed by atoms with E-state index in [1.54, 1.807) is 0 Å². The molecule has 2 heterocycles. The van der Waals surface area contributed by atoms with Gasteiger partial charge in [-0.3, -0.25) is 0 Å². The molecule has 2 aromatic heterocycles. The molecule has 0 spiro atoms. The van der Waals surface area contributed by atoms with Crippen molar-refractivity contribution in [1.29, 1.82) is 5.26 Å². The Labute approximate surface area is 137 Å². The Morgan fingerprint density at radius 1 is 1.41 bits per heavy atom. The van der Waals surface area contributed by atoms with Crippen LogP contribution in [0.1, 0.15) is 18.3 Å². The summed E-state index contributed by atoms with van der Waals surface area (Å²) in [7, 11) is 0. The smallest absolute Gasteiger partial charge is 0.162 e. The van der Waals surface area contributed by atoms with Gasteiger partial charge in [-0.05, 0) is 30.6 Å². The minimum absolute atomic E-state index is 0.260. The number of nitrogens with one attached hydrogen (secondary N) is 1. The summed E-state index contributed by atoms with van der Waals surface area (Å²) in [6.45, 7) is 3.67. The van der Waals surface area contributed by atoms with E-state index in [1.165, 1.54) is 11.5 Å². The van der Waals surface area contributed by atoms with Gasteiger partial charge in [-0.2, -0.15) is 9.64 Å². The number of nitrogens with zero attached hydrogens (tertiary/aromatic N) is 4. The third-order valence-electron chi connectivity index (χ3n) is 3.45. The molecule has 7 heteroatoms. The number of fused-ring (bicyclic) bond motifs is 1. The minimum atomic E-state index is 0.260. The van der Waals surface area contributed by atoms with Gasteiger partial charge in [0.2, 0.25) is 0 Å². The standard InChI is InChI=1S/C15H14ClN5S/c1-2-21-12-6-4-3-5-11(12)19-13(21)7-8-18-15-10(9-17)14(16)20-22-15/h3-6,18H,2,7-8H2,1H3. The SMILES string of the molecule is CCn1c(CCNc2snc(Cl)c2C#N)nc2ccccc21. The number of hydrogen-bond acceptors (Lipinski definition) is 5. The van der Waals surface area contributed by atoms with E-state index in [2.05, 4.69) is 38.3 Å². The lowest BCUT2D eigenvalue weighted by atomic mass is 10.3. The Morgan fingerprint density at radius 3 is 3.00 bits per heavy atom. The number of aromatic nitrogens is 3. The fraction of sp³-hybridized carbons (Fsp3) is 0.267. The van der Waals surface area contributed by atoms with E-state index in [1.807, 2.05) is 18.2 Å². The molecule has 0 saturated carbocycles. The topological polar surface area (TPSA) is 66.5 Å². The lowest BCUT2D eigenvalue weighted by Crippen LogP contribution is -2.10. The average molecular weight is 332 g/mol. The van der Waals surface area contributed by atoms with Crippen LogP contribution in [0.4, 0.5) is 5.00 Å². The highest BCUT2D eigenvalue weighted by molar-refractivity contribution is 7.10. The number of halogens is 1. The van der Waals surface area contributed by atoms with Crippen LogP contribution in [0, 0.1) is 11.3 Å². The highest BCUT2D eigenvalue weighted by atomic mass is 35.5. The lowest BCUT2D eigenvalue weighted by molar-refractivity contribution is 0.717. The molecule has 3 rings (SSSR count). The van der Waals surface area contributed by atoms with Gasteiger partial charge in [-0.25, -0.2) is 4.98 Å². The predicted octanol–water partition coefficient (Wildman–Crippen LogP) is 3.69. The quantitative estimate of drug-likeness (QED) is 0.774. The highest BCUT2D eigenvalue weighted by Gasteiger charge is 2.12. The van der Waals surface area contributed by atoms with Crippen LogP contribution >= 0.6 is 23.1 Å². The van der Waals surface area contributed by atoms with Gasteiger partial charge in [0.25, 0.3) is 0 Å². The van der Waals surface area contributed by atoms with Crippen molar-refractivity contribution in [3.63, 3.8) is 0 Å². The Hall–Kier alpha value is -2.10. The van der Waals surface area contributed by atoms with Gasteiger partial charge in [-0.15, -0.1) is 0 Å². The third-order valence-corrected chi connectivity index (χ3v) is 4.62. The van der Waals surface area contributed by atoms with Crippen LogP contribution in [0.15, 0.2) is 24.3 Å². The number of imidazole rings is 1. The third kappa shape index (κ3) is 2.65. The molecular weight excluding hydrogens is 318 g/mol. The maximum absolute atomic E-state index is 9.06. The first-order valence-electron chi connectivity index (χ1n) is 6.98. The fourth-order valence-electron chi connectivity index (χ4n) is 2.45. The molecule has 0 amide bonds. The summed E-state index contributed by atoms with van der Waals surface area (Å²) < 4.78 is 6.19. The number of anilines is 1. The zero-order chi connectivity index (χ0) is 15.5. The van der Waals surface area contributed by atoms with Gasteiger partial charge in [0.15, 0.2) is 5.15 Å². The van der Waals surface area contributed by atoms with Crippen molar-refractivity contribution < 1.29 is 0 Å². The molecule has 0 aliphatic heterocycles. The van der Waals surface area contributed by atoms with Crippen LogP contribution < -0.4 is 5.32 Å². The van der Waals surface area contributed by atoms with E-state index in [9.17, 15) is 0 Å². The van der Waals surface area contributed by atoms with Crippen LogP contribution in [-0.4, -0.2) is 20.5 Å². The fourth-order valence-corrected chi connectivity index (χ4v) is 3.40. The molecule has 5 nitrogen and oxygen atoms in total. The van der Waals surface area contributed by atoms with Gasteiger partial charge >= 0.3 is 0 Å². The first-order valence-corrected chi connectivity index (χ1v) is 8.13.